The molecule has 3 heterocycles. The molecule has 4 aromatic rings. The van der Waals surface area contributed by atoms with Gasteiger partial charge in [-0.15, -0.1) is 0 Å². The van der Waals surface area contributed by atoms with Crippen LogP contribution in [0.25, 0.3) is 33.0 Å². The monoisotopic (exact) mass is 423 g/mol. The number of halogens is 1. The quantitative estimate of drug-likeness (QED) is 0.420. The van der Waals surface area contributed by atoms with E-state index in [1.165, 1.54) is 0 Å². The first-order valence-corrected chi connectivity index (χ1v) is 10.3. The van der Waals surface area contributed by atoms with Crippen molar-refractivity contribution in [2.75, 3.05) is 5.32 Å². The number of furan rings is 1. The molecule has 0 amide bonds. The molecule has 1 fully saturated rings. The van der Waals surface area contributed by atoms with Crippen molar-refractivity contribution in [1.82, 2.24) is 9.97 Å². The molecule has 0 spiro atoms. The molecule has 1 N–H and O–H groups in total. The second kappa shape index (κ2) is 7.23. The highest BCUT2D eigenvalue weighted by Crippen LogP contribution is 2.44. The van der Waals surface area contributed by atoms with Crippen molar-refractivity contribution < 1.29 is 13.9 Å². The summed E-state index contributed by atoms with van der Waals surface area (Å²) in [4.78, 5) is 9.28. The fourth-order valence-electron chi connectivity index (χ4n) is 3.84. The minimum Gasteiger partial charge on any atom is -0.455 e. The van der Waals surface area contributed by atoms with Gasteiger partial charge in [0, 0.05) is 39.3 Å². The summed E-state index contributed by atoms with van der Waals surface area (Å²) in [6, 6.07) is 9.97. The van der Waals surface area contributed by atoms with Crippen LogP contribution in [-0.2, 0) is 9.47 Å². The van der Waals surface area contributed by atoms with Gasteiger partial charge in [-0.05, 0) is 39.8 Å². The number of nitrogens with zero attached hydrogens (tertiary/aromatic N) is 2. The zero-order valence-electron chi connectivity index (χ0n) is 17.2. The summed E-state index contributed by atoms with van der Waals surface area (Å²) >= 11 is 6.53. The van der Waals surface area contributed by atoms with E-state index in [0.29, 0.717) is 22.3 Å². The minimum atomic E-state index is -0.517. The SMILES string of the molecule is Cc1c(C2OC(C)O2)oc2c(-c3ccccc3Cl)cc3cnc(NC(C)C)nc3c12. The van der Waals surface area contributed by atoms with Gasteiger partial charge in [0.15, 0.2) is 12.1 Å². The number of aryl methyl sites for hydroxylation is 1. The summed E-state index contributed by atoms with van der Waals surface area (Å²) in [5.41, 5.74) is 4.25. The molecule has 1 saturated heterocycles. The highest BCUT2D eigenvalue weighted by Gasteiger charge is 2.34. The van der Waals surface area contributed by atoms with E-state index in [1.807, 2.05) is 50.4 Å². The number of fused-ring (bicyclic) bond motifs is 3. The Morgan fingerprint density at radius 1 is 1.13 bits per heavy atom. The van der Waals surface area contributed by atoms with Crippen LogP contribution < -0.4 is 5.32 Å². The number of nitrogens with one attached hydrogen (secondary N) is 1. The van der Waals surface area contributed by atoms with Crippen LogP contribution in [0, 0.1) is 6.92 Å². The fraction of sp³-hybridized carbons (Fsp3) is 0.304. The topological polar surface area (TPSA) is 69.4 Å². The Hall–Kier alpha value is -2.67. The first kappa shape index (κ1) is 19.3. The van der Waals surface area contributed by atoms with Crippen LogP contribution in [-0.4, -0.2) is 22.3 Å². The molecule has 0 bridgehead atoms. The van der Waals surface area contributed by atoms with Crippen molar-refractivity contribution in [3.8, 4) is 11.1 Å². The molecule has 0 saturated carbocycles. The lowest BCUT2D eigenvalue weighted by Crippen LogP contribution is -2.31. The second-order valence-corrected chi connectivity index (χ2v) is 8.21. The van der Waals surface area contributed by atoms with Gasteiger partial charge in [0.25, 0.3) is 0 Å². The van der Waals surface area contributed by atoms with E-state index in [9.17, 15) is 0 Å². The first-order valence-electron chi connectivity index (χ1n) is 9.97. The number of aromatic nitrogens is 2. The predicted molar refractivity (Wildman–Crippen MR) is 118 cm³/mol. The summed E-state index contributed by atoms with van der Waals surface area (Å²) < 4.78 is 17.7. The van der Waals surface area contributed by atoms with Crippen LogP contribution in [0.2, 0.25) is 5.02 Å². The highest BCUT2D eigenvalue weighted by molar-refractivity contribution is 6.34. The molecule has 5 rings (SSSR count). The normalized spacial score (nSPS) is 18.9. The van der Waals surface area contributed by atoms with Gasteiger partial charge in [0.1, 0.15) is 5.58 Å². The number of ether oxygens (including phenoxy) is 2. The minimum absolute atomic E-state index is 0.222. The van der Waals surface area contributed by atoms with Crippen LogP contribution in [0.1, 0.15) is 38.4 Å². The van der Waals surface area contributed by atoms with Crippen LogP contribution in [0.15, 0.2) is 40.9 Å². The summed E-state index contributed by atoms with van der Waals surface area (Å²) in [5, 5.41) is 5.74. The number of rotatable bonds is 4. The van der Waals surface area contributed by atoms with Crippen LogP contribution in [0.5, 0.6) is 0 Å². The molecule has 30 heavy (non-hydrogen) atoms. The zero-order chi connectivity index (χ0) is 21.0. The molecule has 2 aromatic carbocycles. The second-order valence-electron chi connectivity index (χ2n) is 7.80. The van der Waals surface area contributed by atoms with Crippen molar-refractivity contribution in [2.24, 2.45) is 0 Å². The molecule has 7 heteroatoms. The Balaban J connectivity index is 1.81. The Kier molecular flexibility index (Phi) is 4.65. The van der Waals surface area contributed by atoms with Gasteiger partial charge in [-0.25, -0.2) is 9.97 Å². The summed E-state index contributed by atoms with van der Waals surface area (Å²) in [7, 11) is 0. The van der Waals surface area contributed by atoms with Gasteiger partial charge >= 0.3 is 0 Å². The molecule has 1 aliphatic rings. The molecule has 0 unspecified atom stereocenters. The molecular formula is C23H22ClN3O3. The van der Waals surface area contributed by atoms with Crippen LogP contribution in [0.4, 0.5) is 5.95 Å². The summed E-state index contributed by atoms with van der Waals surface area (Å²) in [6.07, 6.45) is 1.07. The molecule has 1 aliphatic heterocycles. The summed E-state index contributed by atoms with van der Waals surface area (Å²) in [6.45, 7) is 7.97. The van der Waals surface area contributed by atoms with E-state index < -0.39 is 6.29 Å². The maximum atomic E-state index is 6.53. The molecular weight excluding hydrogens is 402 g/mol. The Bertz CT molecular complexity index is 1260. The third-order valence-corrected chi connectivity index (χ3v) is 5.54. The van der Waals surface area contributed by atoms with Gasteiger partial charge in [-0.2, -0.15) is 0 Å². The first-order chi connectivity index (χ1) is 14.4. The maximum Gasteiger partial charge on any atom is 0.223 e. The van der Waals surface area contributed by atoms with Gasteiger partial charge in [0.2, 0.25) is 12.2 Å². The lowest BCUT2D eigenvalue weighted by molar-refractivity contribution is -0.387. The average molecular weight is 424 g/mol. The summed E-state index contributed by atoms with van der Waals surface area (Å²) in [5.74, 6) is 1.23. The van der Waals surface area contributed by atoms with E-state index in [-0.39, 0.29) is 12.3 Å². The number of hydrogen-bond donors (Lipinski definition) is 1. The van der Waals surface area contributed by atoms with Crippen LogP contribution in [0.3, 0.4) is 0 Å². The predicted octanol–water partition coefficient (Wildman–Crippen LogP) is 6.22. The van der Waals surface area contributed by atoms with Gasteiger partial charge < -0.3 is 19.2 Å². The van der Waals surface area contributed by atoms with E-state index in [4.69, 9.17) is 30.5 Å². The van der Waals surface area contributed by atoms with Gasteiger partial charge in [-0.3, -0.25) is 0 Å². The molecule has 154 valence electrons. The number of hydrogen-bond acceptors (Lipinski definition) is 6. The largest absolute Gasteiger partial charge is 0.455 e. The lowest BCUT2D eigenvalue weighted by Gasteiger charge is -2.32. The fourth-order valence-corrected chi connectivity index (χ4v) is 4.08. The Labute approximate surface area is 179 Å². The maximum absolute atomic E-state index is 6.53. The molecule has 0 atom stereocenters. The number of anilines is 1. The van der Waals surface area contributed by atoms with Gasteiger partial charge in [-0.1, -0.05) is 29.8 Å². The number of benzene rings is 2. The Morgan fingerprint density at radius 2 is 1.90 bits per heavy atom. The molecule has 6 nitrogen and oxygen atoms in total. The standard InChI is InChI=1S/C23H22ClN3O3/c1-11(2)26-23-25-10-14-9-16(15-7-5-6-8-17(15)24)21-18(19(14)27-23)12(3)20(30-21)22-28-13(4)29-22/h5-11,13,22H,1-4H3,(H,25,26,27). The smallest absolute Gasteiger partial charge is 0.223 e. The van der Waals surface area contributed by atoms with Gasteiger partial charge in [0.05, 0.1) is 10.9 Å². The zero-order valence-corrected chi connectivity index (χ0v) is 17.9. The lowest BCUT2D eigenvalue weighted by atomic mass is 9.99. The van der Waals surface area contributed by atoms with Crippen molar-refractivity contribution in [3.63, 3.8) is 0 Å². The van der Waals surface area contributed by atoms with E-state index in [1.54, 1.807) is 0 Å². The van der Waals surface area contributed by atoms with Crippen molar-refractivity contribution >= 4 is 39.4 Å². The van der Waals surface area contributed by atoms with Crippen LogP contribution >= 0.6 is 11.6 Å². The third-order valence-electron chi connectivity index (χ3n) is 5.21. The third kappa shape index (κ3) is 3.12. The van der Waals surface area contributed by atoms with Crippen molar-refractivity contribution in [1.29, 1.82) is 0 Å². The average Bonchev–Trinajstić information content (AvgIpc) is 3.02. The molecule has 0 aliphatic carbocycles. The highest BCUT2D eigenvalue weighted by atomic mass is 35.5. The molecule has 0 radical (unpaired) electrons. The molecule has 2 aromatic heterocycles. The van der Waals surface area contributed by atoms with E-state index in [2.05, 4.69) is 24.1 Å². The van der Waals surface area contributed by atoms with Crippen molar-refractivity contribution in [3.05, 3.63) is 52.9 Å². The van der Waals surface area contributed by atoms with E-state index in [0.717, 1.165) is 33.0 Å². The van der Waals surface area contributed by atoms with Crippen molar-refractivity contribution in [2.45, 2.75) is 46.3 Å². The van der Waals surface area contributed by atoms with E-state index >= 15 is 0 Å². The Morgan fingerprint density at radius 3 is 2.60 bits per heavy atom.